The van der Waals surface area contributed by atoms with E-state index in [1.54, 1.807) is 6.92 Å². The third-order valence-electron chi connectivity index (χ3n) is 3.93. The topological polar surface area (TPSA) is 212 Å². The first kappa shape index (κ1) is 24.4. The number of carbonyl (C=O) groups is 1. The zero-order valence-corrected chi connectivity index (χ0v) is 17.8. The summed E-state index contributed by atoms with van der Waals surface area (Å²) in [5.41, 5.74) is 11.9. The lowest BCUT2D eigenvalue weighted by molar-refractivity contribution is -0.215. The molecule has 0 spiro atoms. The molecule has 1 heterocycles. The monoisotopic (exact) mass is 469 g/mol. The molecule has 1 aromatic carbocycles. The lowest BCUT2D eigenvalue weighted by atomic mass is 10.3. The maximum absolute atomic E-state index is 12.8. The smallest absolute Gasteiger partial charge is 0.275 e. The van der Waals surface area contributed by atoms with Gasteiger partial charge < -0.3 is 26.2 Å². The summed E-state index contributed by atoms with van der Waals surface area (Å²) in [6.45, 7) is 1.33. The second-order valence-corrected chi connectivity index (χ2v) is 7.99. The number of nitrogens with zero attached hydrogens (tertiary/aromatic N) is 2. The molecule has 1 amide bonds. The van der Waals surface area contributed by atoms with Crippen LogP contribution in [0.4, 0.5) is 11.4 Å². The molecule has 1 aromatic heterocycles. The fraction of sp³-hybridized carbons (Fsp3) is 0.235. The number of hydrogen-bond acceptors (Lipinski definition) is 9. The van der Waals surface area contributed by atoms with Gasteiger partial charge in [0.25, 0.3) is 15.6 Å². The molecule has 0 aliphatic rings. The Morgan fingerprint density at radius 1 is 1.25 bits per heavy atom. The molecule has 15 heteroatoms. The number of carbonyl (C=O) groups excluding carboxylic acids is 1. The van der Waals surface area contributed by atoms with Crippen LogP contribution in [0.15, 0.2) is 51.2 Å². The standard InChI is InChI=1S/C17H23N7O7S/c1-11-5-6-14(23-32(28,29)13-4-2-3-12(9-13)21-31-27)16(26)24(11)10-15(25)20-7-8-30-22-17(18)19/h2-6,9,21,23,27H,7-8,10H2,1H3,(H,20,25)(H4,18,19,22). The zero-order valence-electron chi connectivity index (χ0n) is 16.9. The van der Waals surface area contributed by atoms with Gasteiger partial charge in [0, 0.05) is 5.69 Å². The summed E-state index contributed by atoms with van der Waals surface area (Å²) in [7, 11) is -4.15. The molecule has 0 aliphatic carbocycles. The number of anilines is 2. The van der Waals surface area contributed by atoms with Crippen molar-refractivity contribution >= 4 is 33.3 Å². The van der Waals surface area contributed by atoms with Crippen molar-refractivity contribution < 1.29 is 28.3 Å². The number of oxime groups is 1. The van der Waals surface area contributed by atoms with E-state index < -0.39 is 21.5 Å². The van der Waals surface area contributed by atoms with E-state index in [-0.39, 0.29) is 41.9 Å². The van der Waals surface area contributed by atoms with Crippen LogP contribution in [0.3, 0.4) is 0 Å². The van der Waals surface area contributed by atoms with Gasteiger partial charge in [-0.1, -0.05) is 6.07 Å². The Bertz CT molecular complexity index is 1140. The number of nitrogens with one attached hydrogen (secondary N) is 3. The van der Waals surface area contributed by atoms with Crippen molar-refractivity contribution in [3.8, 4) is 0 Å². The Morgan fingerprint density at radius 3 is 2.69 bits per heavy atom. The van der Waals surface area contributed by atoms with Gasteiger partial charge in [-0.3, -0.25) is 14.3 Å². The third-order valence-corrected chi connectivity index (χ3v) is 5.30. The molecule has 0 unspecified atom stereocenters. The van der Waals surface area contributed by atoms with Crippen molar-refractivity contribution in [2.75, 3.05) is 23.4 Å². The lowest BCUT2D eigenvalue weighted by Crippen LogP contribution is -2.36. The van der Waals surface area contributed by atoms with Crippen LogP contribution >= 0.6 is 0 Å². The fourth-order valence-electron chi connectivity index (χ4n) is 2.48. The number of benzene rings is 1. The summed E-state index contributed by atoms with van der Waals surface area (Å²) in [6, 6.07) is 8.12. The van der Waals surface area contributed by atoms with Crippen molar-refractivity contribution in [1.29, 1.82) is 0 Å². The van der Waals surface area contributed by atoms with Crippen molar-refractivity contribution in [1.82, 2.24) is 9.88 Å². The molecule has 0 saturated heterocycles. The summed E-state index contributed by atoms with van der Waals surface area (Å²) in [5, 5.41) is 14.3. The quantitative estimate of drug-likeness (QED) is 0.0784. The average Bonchev–Trinajstić information content (AvgIpc) is 2.73. The van der Waals surface area contributed by atoms with Crippen molar-refractivity contribution in [2.45, 2.75) is 18.4 Å². The van der Waals surface area contributed by atoms with E-state index in [4.69, 9.17) is 21.6 Å². The predicted octanol–water partition coefficient (Wildman–Crippen LogP) is -0.905. The van der Waals surface area contributed by atoms with Crippen LogP contribution in [0.5, 0.6) is 0 Å². The van der Waals surface area contributed by atoms with Crippen LogP contribution in [0.25, 0.3) is 0 Å². The average molecular weight is 469 g/mol. The normalized spacial score (nSPS) is 10.8. The van der Waals surface area contributed by atoms with Crippen LogP contribution in [-0.2, 0) is 31.2 Å². The molecule has 0 saturated carbocycles. The van der Waals surface area contributed by atoms with Gasteiger partial charge >= 0.3 is 0 Å². The van der Waals surface area contributed by atoms with Gasteiger partial charge in [-0.2, -0.15) is 0 Å². The highest BCUT2D eigenvalue weighted by Crippen LogP contribution is 2.18. The van der Waals surface area contributed by atoms with Gasteiger partial charge in [0.1, 0.15) is 18.8 Å². The molecule has 32 heavy (non-hydrogen) atoms. The van der Waals surface area contributed by atoms with Crippen LogP contribution in [-0.4, -0.2) is 43.3 Å². The van der Waals surface area contributed by atoms with Gasteiger partial charge in [-0.25, -0.2) is 19.2 Å². The SMILES string of the molecule is Cc1ccc(NS(=O)(=O)c2cccc(NOO)c2)c(=O)n1CC(=O)NCCON=C(N)N. The minimum Gasteiger partial charge on any atom is -0.391 e. The number of amides is 1. The summed E-state index contributed by atoms with van der Waals surface area (Å²) in [6.07, 6.45) is 0. The Balaban J connectivity index is 2.14. The fourth-order valence-corrected chi connectivity index (χ4v) is 3.59. The number of aryl methyl sites for hydroxylation is 1. The van der Waals surface area contributed by atoms with Crippen molar-refractivity contribution in [3.63, 3.8) is 0 Å². The first-order chi connectivity index (χ1) is 15.1. The van der Waals surface area contributed by atoms with Gasteiger partial charge in [-0.15, -0.1) is 4.99 Å². The van der Waals surface area contributed by atoms with Crippen LogP contribution < -0.4 is 32.5 Å². The van der Waals surface area contributed by atoms with Crippen molar-refractivity contribution in [2.24, 2.45) is 16.6 Å². The molecule has 2 rings (SSSR count). The minimum atomic E-state index is -4.15. The number of sulfonamides is 1. The number of guanidine groups is 1. The van der Waals surface area contributed by atoms with Crippen molar-refractivity contribution in [3.05, 3.63) is 52.4 Å². The van der Waals surface area contributed by atoms with E-state index in [0.717, 1.165) is 4.57 Å². The molecule has 0 bridgehead atoms. The van der Waals surface area contributed by atoms with E-state index in [9.17, 15) is 18.0 Å². The molecule has 8 N–H and O–H groups in total. The molecular weight excluding hydrogens is 446 g/mol. The summed E-state index contributed by atoms with van der Waals surface area (Å²) in [4.78, 5) is 33.2. The molecule has 0 aliphatic heterocycles. The number of hydrogen-bond donors (Lipinski definition) is 6. The van der Waals surface area contributed by atoms with E-state index in [1.165, 1.54) is 36.4 Å². The highest BCUT2D eigenvalue weighted by molar-refractivity contribution is 7.92. The predicted molar refractivity (Wildman–Crippen MR) is 115 cm³/mol. The number of aromatic nitrogens is 1. The maximum Gasteiger partial charge on any atom is 0.275 e. The number of rotatable bonds is 11. The first-order valence-corrected chi connectivity index (χ1v) is 10.5. The van der Waals surface area contributed by atoms with Crippen LogP contribution in [0.1, 0.15) is 5.69 Å². The summed E-state index contributed by atoms with van der Waals surface area (Å²) >= 11 is 0. The molecule has 0 atom stereocenters. The lowest BCUT2D eigenvalue weighted by Gasteiger charge is -2.14. The second-order valence-electron chi connectivity index (χ2n) is 6.31. The Kier molecular flexibility index (Phi) is 8.39. The highest BCUT2D eigenvalue weighted by Gasteiger charge is 2.18. The Hall–Kier alpha value is -3.82. The summed E-state index contributed by atoms with van der Waals surface area (Å²) in [5.74, 6) is -0.770. The third kappa shape index (κ3) is 6.86. The van der Waals surface area contributed by atoms with Gasteiger partial charge in [0.05, 0.1) is 17.1 Å². The Labute approximate surface area is 182 Å². The second kappa shape index (κ2) is 11.0. The van der Waals surface area contributed by atoms with Crippen LogP contribution in [0.2, 0.25) is 0 Å². The molecule has 174 valence electrons. The molecular formula is C17H23N7O7S. The zero-order chi connectivity index (χ0) is 23.7. The Morgan fingerprint density at radius 2 is 2.00 bits per heavy atom. The van der Waals surface area contributed by atoms with E-state index in [0.29, 0.717) is 5.69 Å². The highest BCUT2D eigenvalue weighted by atomic mass is 32.2. The summed E-state index contributed by atoms with van der Waals surface area (Å²) < 4.78 is 28.6. The molecule has 14 nitrogen and oxygen atoms in total. The number of pyridine rings is 1. The number of nitrogens with two attached hydrogens (primary N) is 2. The maximum atomic E-state index is 12.8. The van der Waals surface area contributed by atoms with Gasteiger partial charge in [-0.05, 0) is 42.4 Å². The largest absolute Gasteiger partial charge is 0.391 e. The minimum absolute atomic E-state index is 0.00655. The molecule has 0 fully saturated rings. The first-order valence-electron chi connectivity index (χ1n) is 9.01. The van der Waals surface area contributed by atoms with Gasteiger partial charge in [0.15, 0.2) is 0 Å². The van der Waals surface area contributed by atoms with E-state index >= 15 is 0 Å². The van der Waals surface area contributed by atoms with Crippen LogP contribution in [0, 0.1) is 6.92 Å². The van der Waals surface area contributed by atoms with Gasteiger partial charge in [0.2, 0.25) is 11.9 Å². The van der Waals surface area contributed by atoms with E-state index in [1.807, 2.05) is 0 Å². The molecule has 2 aromatic rings. The van der Waals surface area contributed by atoms with E-state index in [2.05, 4.69) is 25.7 Å². The molecule has 0 radical (unpaired) electrons.